The lowest BCUT2D eigenvalue weighted by Crippen LogP contribution is -2.27. The maximum atomic E-state index is 12.7. The van der Waals surface area contributed by atoms with E-state index in [9.17, 15) is 9.59 Å². The number of amides is 2. The predicted octanol–water partition coefficient (Wildman–Crippen LogP) is 5.66. The van der Waals surface area contributed by atoms with Crippen LogP contribution < -0.4 is 4.74 Å². The number of imide groups is 1. The predicted molar refractivity (Wildman–Crippen MR) is 114 cm³/mol. The van der Waals surface area contributed by atoms with Crippen LogP contribution in [0.15, 0.2) is 70.9 Å². The second-order valence-corrected chi connectivity index (χ2v) is 8.16. The van der Waals surface area contributed by atoms with Gasteiger partial charge in [-0.1, -0.05) is 42.5 Å². The Balaban J connectivity index is 1.54. The lowest BCUT2D eigenvalue weighted by Gasteiger charge is -2.11. The third kappa shape index (κ3) is 3.88. The van der Waals surface area contributed by atoms with E-state index in [0.717, 1.165) is 39.1 Å². The Hall–Kier alpha value is -2.83. The average molecular weight is 408 g/mol. The Bertz CT molecular complexity index is 1060. The van der Waals surface area contributed by atoms with Gasteiger partial charge in [0.05, 0.1) is 18.6 Å². The quantitative estimate of drug-likeness (QED) is 0.512. The average Bonchev–Trinajstić information content (AvgIpc) is 3.29. The minimum absolute atomic E-state index is 0.232. The van der Waals surface area contributed by atoms with Gasteiger partial charge in [-0.2, -0.15) is 0 Å². The van der Waals surface area contributed by atoms with Crippen LogP contribution in [0.25, 0.3) is 17.2 Å². The first-order valence-corrected chi connectivity index (χ1v) is 10.4. The zero-order valence-electron chi connectivity index (χ0n) is 15.1. The van der Waals surface area contributed by atoms with Crippen LogP contribution >= 0.6 is 23.1 Å². The number of hydrogen-bond acceptors (Lipinski definition) is 5. The number of rotatable bonds is 5. The number of hydrogen-bond donors (Lipinski definition) is 0. The monoisotopic (exact) mass is 407 g/mol. The van der Waals surface area contributed by atoms with Gasteiger partial charge in [-0.3, -0.25) is 14.5 Å². The summed E-state index contributed by atoms with van der Waals surface area (Å²) in [4.78, 5) is 27.7. The van der Waals surface area contributed by atoms with Crippen LogP contribution in [0.4, 0.5) is 4.79 Å². The molecule has 0 atom stereocenters. The highest BCUT2D eigenvalue weighted by Crippen LogP contribution is 2.35. The summed E-state index contributed by atoms with van der Waals surface area (Å²) in [5, 5.41) is 1.80. The SMILES string of the molecule is COc1cccc(-c2csc(C=C3SC(=O)N(Cc4ccccc4)C3=O)c2)c1. The van der Waals surface area contributed by atoms with Gasteiger partial charge in [0.25, 0.3) is 11.1 Å². The zero-order valence-corrected chi connectivity index (χ0v) is 16.8. The fraction of sp³-hybridized carbons (Fsp3) is 0.0909. The Morgan fingerprint density at radius 1 is 1.00 bits per heavy atom. The number of ether oxygens (including phenoxy) is 1. The summed E-state index contributed by atoms with van der Waals surface area (Å²) in [6, 6.07) is 19.4. The Morgan fingerprint density at radius 2 is 1.82 bits per heavy atom. The molecule has 1 aliphatic heterocycles. The molecule has 0 spiro atoms. The number of nitrogens with zero attached hydrogens (tertiary/aromatic N) is 1. The molecule has 0 unspecified atom stereocenters. The van der Waals surface area contributed by atoms with Crippen molar-refractivity contribution in [3.63, 3.8) is 0 Å². The van der Waals surface area contributed by atoms with Crippen LogP contribution in [0.2, 0.25) is 0 Å². The lowest BCUT2D eigenvalue weighted by molar-refractivity contribution is -0.123. The summed E-state index contributed by atoms with van der Waals surface area (Å²) in [5.41, 5.74) is 3.04. The van der Waals surface area contributed by atoms with E-state index in [-0.39, 0.29) is 11.1 Å². The number of thioether (sulfide) groups is 1. The zero-order chi connectivity index (χ0) is 19.5. The van der Waals surface area contributed by atoms with Crippen molar-refractivity contribution in [3.8, 4) is 16.9 Å². The van der Waals surface area contributed by atoms with Gasteiger partial charge in [-0.05, 0) is 58.1 Å². The van der Waals surface area contributed by atoms with Gasteiger partial charge in [0, 0.05) is 4.88 Å². The molecule has 6 heteroatoms. The summed E-state index contributed by atoms with van der Waals surface area (Å²) in [6.07, 6.45) is 1.80. The molecule has 1 saturated heterocycles. The van der Waals surface area contributed by atoms with Crippen molar-refractivity contribution in [1.29, 1.82) is 0 Å². The molecule has 0 radical (unpaired) electrons. The molecule has 28 heavy (non-hydrogen) atoms. The number of carbonyl (C=O) groups is 2. The normalized spacial score (nSPS) is 15.5. The van der Waals surface area contributed by atoms with E-state index in [1.54, 1.807) is 24.5 Å². The summed E-state index contributed by atoms with van der Waals surface area (Å²) in [5.74, 6) is 0.558. The van der Waals surface area contributed by atoms with E-state index in [1.807, 2.05) is 66.0 Å². The van der Waals surface area contributed by atoms with Gasteiger partial charge >= 0.3 is 0 Å². The lowest BCUT2D eigenvalue weighted by atomic mass is 10.1. The molecule has 2 heterocycles. The first-order chi connectivity index (χ1) is 13.6. The molecule has 3 aromatic rings. The van der Waals surface area contributed by atoms with E-state index in [4.69, 9.17) is 4.74 Å². The molecule has 140 valence electrons. The summed E-state index contributed by atoms with van der Waals surface area (Å²) in [7, 11) is 1.64. The first kappa shape index (κ1) is 18.5. The summed E-state index contributed by atoms with van der Waals surface area (Å²) < 4.78 is 5.28. The highest BCUT2D eigenvalue weighted by molar-refractivity contribution is 8.18. The second kappa shape index (κ2) is 8.04. The van der Waals surface area contributed by atoms with Gasteiger partial charge in [-0.25, -0.2) is 0 Å². The van der Waals surface area contributed by atoms with E-state index in [0.29, 0.717) is 11.4 Å². The van der Waals surface area contributed by atoms with Crippen LogP contribution in [0.3, 0.4) is 0 Å². The topological polar surface area (TPSA) is 46.6 Å². The maximum Gasteiger partial charge on any atom is 0.293 e. The second-order valence-electron chi connectivity index (χ2n) is 6.22. The number of thiophene rings is 1. The first-order valence-electron chi connectivity index (χ1n) is 8.66. The minimum atomic E-state index is -0.241. The third-order valence-electron chi connectivity index (χ3n) is 4.35. The van der Waals surface area contributed by atoms with Crippen molar-refractivity contribution in [3.05, 3.63) is 81.4 Å². The van der Waals surface area contributed by atoms with Crippen LogP contribution in [-0.4, -0.2) is 23.2 Å². The molecular formula is C22H17NO3S2. The number of carbonyl (C=O) groups excluding carboxylic acids is 2. The fourth-order valence-corrected chi connectivity index (χ4v) is 4.67. The van der Waals surface area contributed by atoms with Crippen molar-refractivity contribution >= 4 is 40.3 Å². The van der Waals surface area contributed by atoms with Crippen LogP contribution in [0, 0.1) is 0 Å². The maximum absolute atomic E-state index is 12.7. The molecule has 2 aromatic carbocycles. The Labute approximate surface area is 171 Å². The van der Waals surface area contributed by atoms with E-state index in [1.165, 1.54) is 4.90 Å². The Kier molecular flexibility index (Phi) is 5.32. The van der Waals surface area contributed by atoms with Crippen LogP contribution in [0.1, 0.15) is 10.4 Å². The van der Waals surface area contributed by atoms with Crippen LogP contribution in [0.5, 0.6) is 5.75 Å². The standard InChI is InChI=1S/C22H17NO3S2/c1-26-18-9-5-8-16(10-18)17-11-19(27-14-17)12-20-21(24)23(22(25)28-20)13-15-6-3-2-4-7-15/h2-12,14H,13H2,1H3. The van der Waals surface area contributed by atoms with Crippen molar-refractivity contribution in [2.75, 3.05) is 7.11 Å². The molecule has 0 bridgehead atoms. The van der Waals surface area contributed by atoms with Crippen molar-refractivity contribution in [1.82, 2.24) is 4.90 Å². The van der Waals surface area contributed by atoms with Gasteiger partial charge < -0.3 is 4.74 Å². The molecule has 2 amide bonds. The highest BCUT2D eigenvalue weighted by Gasteiger charge is 2.35. The Morgan fingerprint density at radius 3 is 2.61 bits per heavy atom. The largest absolute Gasteiger partial charge is 0.497 e. The molecular weight excluding hydrogens is 390 g/mol. The highest BCUT2D eigenvalue weighted by atomic mass is 32.2. The van der Waals surface area contributed by atoms with Crippen LogP contribution in [-0.2, 0) is 11.3 Å². The minimum Gasteiger partial charge on any atom is -0.497 e. The molecule has 4 nitrogen and oxygen atoms in total. The van der Waals surface area contributed by atoms with Gasteiger partial charge in [0.1, 0.15) is 5.75 Å². The van der Waals surface area contributed by atoms with Gasteiger partial charge in [0.15, 0.2) is 0 Å². The summed E-state index contributed by atoms with van der Waals surface area (Å²) in [6.45, 7) is 0.294. The third-order valence-corrected chi connectivity index (χ3v) is 6.14. The molecule has 0 aliphatic carbocycles. The van der Waals surface area contributed by atoms with Crippen molar-refractivity contribution < 1.29 is 14.3 Å². The molecule has 1 aliphatic rings. The van der Waals surface area contributed by atoms with Gasteiger partial charge in [0.2, 0.25) is 0 Å². The van der Waals surface area contributed by atoms with Crippen molar-refractivity contribution in [2.24, 2.45) is 0 Å². The summed E-state index contributed by atoms with van der Waals surface area (Å²) >= 11 is 2.53. The number of benzene rings is 2. The molecule has 4 rings (SSSR count). The molecule has 0 saturated carbocycles. The smallest absolute Gasteiger partial charge is 0.293 e. The molecule has 1 fully saturated rings. The molecule has 1 aromatic heterocycles. The van der Waals surface area contributed by atoms with Crippen molar-refractivity contribution in [2.45, 2.75) is 6.54 Å². The van der Waals surface area contributed by atoms with Gasteiger partial charge in [-0.15, -0.1) is 11.3 Å². The van der Waals surface area contributed by atoms with E-state index >= 15 is 0 Å². The number of methoxy groups -OCH3 is 1. The van der Waals surface area contributed by atoms with E-state index < -0.39 is 0 Å². The molecule has 0 N–H and O–H groups in total. The van der Waals surface area contributed by atoms with E-state index in [2.05, 4.69) is 0 Å². The fourth-order valence-electron chi connectivity index (χ4n) is 2.91.